The summed E-state index contributed by atoms with van der Waals surface area (Å²) in [7, 11) is 0. The minimum Gasteiger partial charge on any atom is -0.394 e. The Bertz CT molecular complexity index is 850. The maximum Gasteiger partial charge on any atom is 0.224 e. The van der Waals surface area contributed by atoms with Gasteiger partial charge in [0.15, 0.2) is 17.8 Å². The van der Waals surface area contributed by atoms with Gasteiger partial charge >= 0.3 is 0 Å². The van der Waals surface area contributed by atoms with Gasteiger partial charge in [-0.1, -0.05) is 0 Å². The van der Waals surface area contributed by atoms with Gasteiger partial charge in [-0.15, -0.1) is 0 Å². The summed E-state index contributed by atoms with van der Waals surface area (Å²) in [5, 5.41) is 39.1. The van der Waals surface area contributed by atoms with E-state index in [9.17, 15) is 15.3 Å². The third kappa shape index (κ3) is 3.26. The first-order valence-corrected chi connectivity index (χ1v) is 8.72. The Morgan fingerprint density at radius 1 is 1.14 bits per heavy atom. The molecule has 2 aliphatic heterocycles. The lowest BCUT2D eigenvalue weighted by Crippen LogP contribution is -2.36. The predicted molar refractivity (Wildman–Crippen MR) is 92.4 cm³/mol. The monoisotopic (exact) mass is 398 g/mol. The standard InChI is InChI=1S/C15H22N6O7/c16-12-9-13(20-15(17)19-12)21(4-18-9)8-1-5(23)7(27-8)3-26-14-11(25)10(24)6(2-22)28-14/h4-8,10-11,14,22-25H,1-3H2,(H4,16,17,19,20)/t5-,6+,7+,8+,10+,11+,14?/m0/s1. The van der Waals surface area contributed by atoms with E-state index in [1.807, 2.05) is 0 Å². The van der Waals surface area contributed by atoms with Gasteiger partial charge in [0, 0.05) is 6.42 Å². The molecule has 7 atom stereocenters. The highest BCUT2D eigenvalue weighted by Gasteiger charge is 2.44. The van der Waals surface area contributed by atoms with Gasteiger partial charge in [-0.05, 0) is 0 Å². The SMILES string of the molecule is Nc1nc(N)c2ncn([C@H]3C[C@H](O)[C@@H](COC4O[C@H](CO)[C@@H](O)[C@H]4O)O3)c2n1. The van der Waals surface area contributed by atoms with Crippen molar-refractivity contribution in [2.45, 2.75) is 49.5 Å². The van der Waals surface area contributed by atoms with Crippen LogP contribution in [0.2, 0.25) is 0 Å². The molecule has 2 aliphatic rings. The van der Waals surface area contributed by atoms with Gasteiger partial charge in [0.1, 0.15) is 36.2 Å². The fourth-order valence-electron chi connectivity index (χ4n) is 3.40. The van der Waals surface area contributed by atoms with Crippen LogP contribution in [-0.4, -0.2) is 90.0 Å². The molecule has 2 aromatic heterocycles. The van der Waals surface area contributed by atoms with Crippen molar-refractivity contribution < 1.29 is 34.6 Å². The molecule has 0 amide bonds. The van der Waals surface area contributed by atoms with E-state index in [4.69, 9.17) is 30.8 Å². The van der Waals surface area contributed by atoms with Crippen molar-refractivity contribution in [3.63, 3.8) is 0 Å². The first-order valence-electron chi connectivity index (χ1n) is 8.72. The number of aliphatic hydroxyl groups is 4. The second-order valence-electron chi connectivity index (χ2n) is 6.76. The van der Waals surface area contributed by atoms with Gasteiger partial charge in [-0.2, -0.15) is 9.97 Å². The summed E-state index contributed by atoms with van der Waals surface area (Å²) in [6, 6.07) is 0. The van der Waals surface area contributed by atoms with Crippen LogP contribution in [-0.2, 0) is 14.2 Å². The summed E-state index contributed by atoms with van der Waals surface area (Å²) in [5.41, 5.74) is 12.2. The number of nitrogens with zero attached hydrogens (tertiary/aromatic N) is 4. The number of hydrogen-bond donors (Lipinski definition) is 6. The van der Waals surface area contributed by atoms with Crippen molar-refractivity contribution in [1.82, 2.24) is 19.5 Å². The predicted octanol–water partition coefficient (Wildman–Crippen LogP) is -2.91. The fraction of sp³-hybridized carbons (Fsp3) is 0.667. The maximum absolute atomic E-state index is 10.3. The van der Waals surface area contributed by atoms with Crippen molar-refractivity contribution in [1.29, 1.82) is 0 Å². The van der Waals surface area contributed by atoms with Crippen LogP contribution in [0, 0.1) is 0 Å². The molecule has 2 saturated heterocycles. The molecule has 4 rings (SSSR count). The summed E-state index contributed by atoms with van der Waals surface area (Å²) in [6.07, 6.45) is -5.11. The van der Waals surface area contributed by atoms with Crippen LogP contribution >= 0.6 is 0 Å². The van der Waals surface area contributed by atoms with Crippen molar-refractivity contribution >= 4 is 22.9 Å². The Labute approximate surface area is 158 Å². The Morgan fingerprint density at radius 3 is 2.64 bits per heavy atom. The zero-order valence-corrected chi connectivity index (χ0v) is 14.7. The summed E-state index contributed by atoms with van der Waals surface area (Å²) in [4.78, 5) is 12.1. The Morgan fingerprint density at radius 2 is 1.93 bits per heavy atom. The highest BCUT2D eigenvalue weighted by atomic mass is 16.7. The van der Waals surface area contributed by atoms with Crippen LogP contribution in [0.5, 0.6) is 0 Å². The van der Waals surface area contributed by atoms with Gasteiger partial charge < -0.3 is 46.1 Å². The number of aliphatic hydroxyl groups excluding tert-OH is 4. The lowest BCUT2D eigenvalue weighted by molar-refractivity contribution is -0.190. The van der Waals surface area contributed by atoms with Crippen LogP contribution < -0.4 is 11.5 Å². The minimum atomic E-state index is -1.31. The third-order valence-electron chi connectivity index (χ3n) is 4.90. The smallest absolute Gasteiger partial charge is 0.224 e. The highest BCUT2D eigenvalue weighted by Crippen LogP contribution is 2.32. The molecule has 8 N–H and O–H groups in total. The maximum atomic E-state index is 10.3. The molecule has 13 heteroatoms. The molecule has 2 fully saturated rings. The number of anilines is 2. The first-order chi connectivity index (χ1) is 13.4. The third-order valence-corrected chi connectivity index (χ3v) is 4.90. The molecule has 154 valence electrons. The van der Waals surface area contributed by atoms with Crippen molar-refractivity contribution in [3.8, 4) is 0 Å². The van der Waals surface area contributed by atoms with Gasteiger partial charge in [-0.25, -0.2) is 4.98 Å². The molecule has 2 aromatic rings. The van der Waals surface area contributed by atoms with Crippen LogP contribution in [0.4, 0.5) is 11.8 Å². The largest absolute Gasteiger partial charge is 0.394 e. The summed E-state index contributed by atoms with van der Waals surface area (Å²) in [5.74, 6) is 0.138. The summed E-state index contributed by atoms with van der Waals surface area (Å²) in [6.45, 7) is -0.555. The first kappa shape index (κ1) is 19.2. The van der Waals surface area contributed by atoms with E-state index < -0.39 is 49.6 Å². The van der Waals surface area contributed by atoms with E-state index in [1.54, 1.807) is 4.57 Å². The second kappa shape index (κ2) is 7.36. The molecule has 4 heterocycles. The molecule has 1 unspecified atom stereocenters. The zero-order valence-electron chi connectivity index (χ0n) is 14.7. The number of aromatic nitrogens is 4. The molecule has 28 heavy (non-hydrogen) atoms. The van der Waals surface area contributed by atoms with E-state index in [0.717, 1.165) is 0 Å². The van der Waals surface area contributed by atoms with Crippen LogP contribution in [0.1, 0.15) is 12.6 Å². The van der Waals surface area contributed by atoms with E-state index in [-0.39, 0.29) is 24.8 Å². The normalized spacial score (nSPS) is 35.8. The molecule has 0 spiro atoms. The molecule has 0 saturated carbocycles. The molecule has 13 nitrogen and oxygen atoms in total. The van der Waals surface area contributed by atoms with Crippen molar-refractivity contribution in [2.75, 3.05) is 24.7 Å². The fourth-order valence-corrected chi connectivity index (χ4v) is 3.40. The van der Waals surface area contributed by atoms with E-state index in [0.29, 0.717) is 11.2 Å². The number of fused-ring (bicyclic) bond motifs is 1. The zero-order chi connectivity index (χ0) is 20.0. The second-order valence-corrected chi connectivity index (χ2v) is 6.76. The lowest BCUT2D eigenvalue weighted by atomic mass is 10.1. The van der Waals surface area contributed by atoms with Gasteiger partial charge in [0.25, 0.3) is 0 Å². The Hall–Kier alpha value is -2.13. The van der Waals surface area contributed by atoms with Crippen molar-refractivity contribution in [3.05, 3.63) is 6.33 Å². The lowest BCUT2D eigenvalue weighted by Gasteiger charge is -2.20. The molecule has 0 aliphatic carbocycles. The highest BCUT2D eigenvalue weighted by molar-refractivity contribution is 5.82. The minimum absolute atomic E-state index is 0.00505. The number of hydrogen-bond acceptors (Lipinski definition) is 12. The molecule has 0 radical (unpaired) electrons. The van der Waals surface area contributed by atoms with Crippen molar-refractivity contribution in [2.24, 2.45) is 0 Å². The number of rotatable bonds is 5. The van der Waals surface area contributed by atoms with Crippen LogP contribution in [0.15, 0.2) is 6.33 Å². The average Bonchev–Trinajstić information content (AvgIpc) is 3.31. The quantitative estimate of drug-likeness (QED) is 0.300. The number of nitrogens with two attached hydrogens (primary N) is 2. The van der Waals surface area contributed by atoms with E-state index in [2.05, 4.69) is 15.0 Å². The molecular weight excluding hydrogens is 376 g/mol. The summed E-state index contributed by atoms with van der Waals surface area (Å²) < 4.78 is 18.1. The Kier molecular flexibility index (Phi) is 5.05. The average molecular weight is 398 g/mol. The molecular formula is C15H22N6O7. The van der Waals surface area contributed by atoms with Crippen LogP contribution in [0.25, 0.3) is 11.2 Å². The Balaban J connectivity index is 1.43. The van der Waals surface area contributed by atoms with E-state index in [1.165, 1.54) is 6.33 Å². The number of nitrogen functional groups attached to an aromatic ring is 2. The molecule has 0 aromatic carbocycles. The molecule has 0 bridgehead atoms. The van der Waals surface area contributed by atoms with E-state index >= 15 is 0 Å². The van der Waals surface area contributed by atoms with Gasteiger partial charge in [-0.3, -0.25) is 4.57 Å². The van der Waals surface area contributed by atoms with Gasteiger partial charge in [0.05, 0.1) is 25.6 Å². The van der Waals surface area contributed by atoms with Gasteiger partial charge in [0.2, 0.25) is 5.95 Å². The summed E-state index contributed by atoms with van der Waals surface area (Å²) >= 11 is 0. The van der Waals surface area contributed by atoms with Crippen LogP contribution in [0.3, 0.4) is 0 Å². The topological polar surface area (TPSA) is 204 Å². The number of imidazole rings is 1. The number of ether oxygens (including phenoxy) is 3.